The zero-order chi connectivity index (χ0) is 14.4. The minimum absolute atomic E-state index is 0.203. The molecular formula is C18H17FO2. The second kappa shape index (κ2) is 4.85. The standard InChI is InChI=1S/C18H17FO2/c19-12-7-8-15-16(20)10-18(21-17(15)9-12)14-4-2-1-3-13(14)11-5-6-11/h1-4,7-9,11,16,18,20H,5-6,10H2/t16-,18?/m1/s1. The molecule has 1 aliphatic heterocycles. The topological polar surface area (TPSA) is 29.5 Å². The molecule has 0 amide bonds. The van der Waals surface area contributed by atoms with E-state index in [1.165, 1.54) is 30.5 Å². The number of halogens is 1. The minimum Gasteiger partial charge on any atom is -0.485 e. The van der Waals surface area contributed by atoms with Crippen LogP contribution in [0, 0.1) is 5.82 Å². The van der Waals surface area contributed by atoms with Crippen LogP contribution in [0.1, 0.15) is 54.1 Å². The maximum absolute atomic E-state index is 13.4. The molecule has 1 N–H and O–H groups in total. The van der Waals surface area contributed by atoms with Crippen molar-refractivity contribution in [3.8, 4) is 5.75 Å². The van der Waals surface area contributed by atoms with E-state index in [0.29, 0.717) is 23.7 Å². The number of benzene rings is 2. The predicted octanol–water partition coefficient (Wildman–Crippen LogP) is 4.26. The molecule has 4 rings (SSSR count). The van der Waals surface area contributed by atoms with E-state index in [2.05, 4.69) is 12.1 Å². The van der Waals surface area contributed by atoms with Crippen LogP contribution in [0.25, 0.3) is 0 Å². The second-order valence-corrected chi connectivity index (χ2v) is 5.94. The third-order valence-corrected chi connectivity index (χ3v) is 4.40. The fourth-order valence-electron chi connectivity index (χ4n) is 3.18. The fourth-order valence-corrected chi connectivity index (χ4v) is 3.18. The van der Waals surface area contributed by atoms with E-state index in [4.69, 9.17) is 4.74 Å². The normalized spacial score (nSPS) is 24.3. The highest BCUT2D eigenvalue weighted by atomic mass is 19.1. The summed E-state index contributed by atoms with van der Waals surface area (Å²) in [5.74, 6) is 0.747. The SMILES string of the molecule is O[C@@H]1CC(c2ccccc2C2CC2)Oc2cc(F)ccc21. The Morgan fingerprint density at radius 1 is 1.00 bits per heavy atom. The van der Waals surface area contributed by atoms with Gasteiger partial charge in [0.25, 0.3) is 0 Å². The third kappa shape index (κ3) is 2.32. The van der Waals surface area contributed by atoms with Crippen LogP contribution in [0.2, 0.25) is 0 Å². The molecule has 2 aromatic carbocycles. The second-order valence-electron chi connectivity index (χ2n) is 5.94. The smallest absolute Gasteiger partial charge is 0.128 e. The van der Waals surface area contributed by atoms with Gasteiger partial charge in [0.05, 0.1) is 6.10 Å². The van der Waals surface area contributed by atoms with Crippen LogP contribution in [0.4, 0.5) is 4.39 Å². The van der Waals surface area contributed by atoms with Crippen molar-refractivity contribution >= 4 is 0 Å². The number of hydrogen-bond acceptors (Lipinski definition) is 2. The molecule has 1 fully saturated rings. The van der Waals surface area contributed by atoms with Crippen LogP contribution in [-0.4, -0.2) is 5.11 Å². The first-order valence-electron chi connectivity index (χ1n) is 7.45. The Hall–Kier alpha value is -1.87. The Kier molecular flexibility index (Phi) is 2.96. The maximum atomic E-state index is 13.4. The van der Waals surface area contributed by atoms with Crippen molar-refractivity contribution < 1.29 is 14.2 Å². The van der Waals surface area contributed by atoms with Crippen molar-refractivity contribution in [3.05, 3.63) is 65.0 Å². The summed E-state index contributed by atoms with van der Waals surface area (Å²) >= 11 is 0. The van der Waals surface area contributed by atoms with Crippen molar-refractivity contribution in [1.29, 1.82) is 0 Å². The first-order valence-corrected chi connectivity index (χ1v) is 7.45. The highest BCUT2D eigenvalue weighted by Gasteiger charge is 2.33. The van der Waals surface area contributed by atoms with E-state index in [-0.39, 0.29) is 11.9 Å². The monoisotopic (exact) mass is 284 g/mol. The molecular weight excluding hydrogens is 267 g/mol. The van der Waals surface area contributed by atoms with E-state index < -0.39 is 6.10 Å². The lowest BCUT2D eigenvalue weighted by molar-refractivity contribution is 0.0649. The van der Waals surface area contributed by atoms with Crippen LogP contribution in [-0.2, 0) is 0 Å². The van der Waals surface area contributed by atoms with Crippen molar-refractivity contribution in [2.24, 2.45) is 0 Å². The van der Waals surface area contributed by atoms with Gasteiger partial charge in [-0.3, -0.25) is 0 Å². The Morgan fingerprint density at radius 2 is 1.76 bits per heavy atom. The molecule has 1 saturated carbocycles. The van der Waals surface area contributed by atoms with Gasteiger partial charge in [-0.15, -0.1) is 0 Å². The first kappa shape index (κ1) is 12.8. The molecule has 0 aromatic heterocycles. The van der Waals surface area contributed by atoms with E-state index in [9.17, 15) is 9.50 Å². The third-order valence-electron chi connectivity index (χ3n) is 4.40. The molecule has 0 spiro atoms. The highest BCUT2D eigenvalue weighted by Crippen LogP contribution is 2.47. The van der Waals surface area contributed by atoms with Gasteiger partial charge in [0.1, 0.15) is 17.7 Å². The zero-order valence-corrected chi connectivity index (χ0v) is 11.6. The van der Waals surface area contributed by atoms with Gasteiger partial charge in [0, 0.05) is 18.1 Å². The van der Waals surface area contributed by atoms with Gasteiger partial charge in [-0.25, -0.2) is 4.39 Å². The molecule has 2 aliphatic rings. The molecule has 1 unspecified atom stereocenters. The predicted molar refractivity (Wildman–Crippen MR) is 77.8 cm³/mol. The molecule has 2 nitrogen and oxygen atoms in total. The van der Waals surface area contributed by atoms with E-state index in [1.807, 2.05) is 12.1 Å². The molecule has 2 atom stereocenters. The number of fused-ring (bicyclic) bond motifs is 1. The first-order chi connectivity index (χ1) is 10.2. The molecule has 108 valence electrons. The molecule has 2 aromatic rings. The molecule has 1 heterocycles. The summed E-state index contributed by atoms with van der Waals surface area (Å²) in [6.45, 7) is 0. The lowest BCUT2D eigenvalue weighted by Crippen LogP contribution is -2.20. The average molecular weight is 284 g/mol. The summed E-state index contributed by atoms with van der Waals surface area (Å²) < 4.78 is 19.4. The average Bonchev–Trinajstić information content (AvgIpc) is 3.31. The van der Waals surface area contributed by atoms with Crippen LogP contribution in [0.3, 0.4) is 0 Å². The van der Waals surface area contributed by atoms with Gasteiger partial charge >= 0.3 is 0 Å². The van der Waals surface area contributed by atoms with Crippen LogP contribution in [0.5, 0.6) is 5.75 Å². The van der Waals surface area contributed by atoms with E-state index in [1.54, 1.807) is 6.07 Å². The summed E-state index contributed by atoms with van der Waals surface area (Å²) in [7, 11) is 0. The van der Waals surface area contributed by atoms with Crippen LogP contribution >= 0.6 is 0 Å². The number of rotatable bonds is 2. The number of ether oxygens (including phenoxy) is 1. The van der Waals surface area contributed by atoms with Gasteiger partial charge < -0.3 is 9.84 Å². The quantitative estimate of drug-likeness (QED) is 0.892. The van der Waals surface area contributed by atoms with Crippen molar-refractivity contribution in [2.75, 3.05) is 0 Å². The van der Waals surface area contributed by atoms with Crippen LogP contribution < -0.4 is 4.74 Å². The van der Waals surface area contributed by atoms with Gasteiger partial charge in [-0.1, -0.05) is 24.3 Å². The molecule has 3 heteroatoms. The van der Waals surface area contributed by atoms with Crippen LogP contribution in [0.15, 0.2) is 42.5 Å². The summed E-state index contributed by atoms with van der Waals surface area (Å²) in [6, 6.07) is 12.6. The van der Waals surface area contributed by atoms with Gasteiger partial charge in [0.2, 0.25) is 0 Å². The Labute approximate surface area is 123 Å². The van der Waals surface area contributed by atoms with Crippen molar-refractivity contribution in [2.45, 2.75) is 37.4 Å². The van der Waals surface area contributed by atoms with E-state index >= 15 is 0 Å². The number of aliphatic hydroxyl groups is 1. The minimum atomic E-state index is -0.605. The molecule has 0 bridgehead atoms. The summed E-state index contributed by atoms with van der Waals surface area (Å²) in [6.07, 6.45) is 2.15. The number of aliphatic hydroxyl groups excluding tert-OH is 1. The van der Waals surface area contributed by atoms with E-state index in [0.717, 1.165) is 5.56 Å². The van der Waals surface area contributed by atoms with Gasteiger partial charge in [-0.05, 0) is 42.0 Å². The molecule has 0 saturated heterocycles. The summed E-state index contributed by atoms with van der Waals surface area (Å²) in [5, 5.41) is 10.3. The largest absolute Gasteiger partial charge is 0.485 e. The lowest BCUT2D eigenvalue weighted by atomic mass is 9.91. The molecule has 1 aliphatic carbocycles. The Balaban J connectivity index is 1.72. The fraction of sp³-hybridized carbons (Fsp3) is 0.333. The van der Waals surface area contributed by atoms with Crippen molar-refractivity contribution in [1.82, 2.24) is 0 Å². The maximum Gasteiger partial charge on any atom is 0.128 e. The molecule has 21 heavy (non-hydrogen) atoms. The van der Waals surface area contributed by atoms with Gasteiger partial charge in [-0.2, -0.15) is 0 Å². The Bertz CT molecular complexity index is 679. The lowest BCUT2D eigenvalue weighted by Gasteiger charge is -2.31. The zero-order valence-electron chi connectivity index (χ0n) is 11.6. The highest BCUT2D eigenvalue weighted by molar-refractivity contribution is 5.41. The van der Waals surface area contributed by atoms with Gasteiger partial charge in [0.15, 0.2) is 0 Å². The molecule has 0 radical (unpaired) electrons. The summed E-state index contributed by atoms with van der Waals surface area (Å²) in [4.78, 5) is 0. The Morgan fingerprint density at radius 3 is 2.52 bits per heavy atom. The summed E-state index contributed by atoms with van der Waals surface area (Å²) in [5.41, 5.74) is 3.13. The van der Waals surface area contributed by atoms with Crippen molar-refractivity contribution in [3.63, 3.8) is 0 Å². The number of hydrogen-bond donors (Lipinski definition) is 1.